The Bertz CT molecular complexity index is 971. The van der Waals surface area contributed by atoms with E-state index in [1.807, 2.05) is 0 Å². The van der Waals surface area contributed by atoms with Gasteiger partial charge < -0.3 is 15.2 Å². The molecular weight excluding hydrogens is 397 g/mol. The fourth-order valence-electron chi connectivity index (χ4n) is 2.43. The molecule has 136 valence electrons. The molecule has 0 saturated carbocycles. The first-order valence-corrected chi connectivity index (χ1v) is 9.29. The molecule has 0 aliphatic heterocycles. The average Bonchev–Trinajstić information content (AvgIpc) is 2.92. The largest absolute Gasteiger partial charge is 0.482 e. The highest BCUT2D eigenvalue weighted by Gasteiger charge is 2.20. The Hall–Kier alpha value is -2.09. The van der Waals surface area contributed by atoms with Crippen molar-refractivity contribution in [2.24, 2.45) is 0 Å². The summed E-state index contributed by atoms with van der Waals surface area (Å²) in [4.78, 5) is 21.8. The number of aryl methyl sites for hydroxylation is 1. The zero-order valence-corrected chi connectivity index (χ0v) is 16.3. The third-order valence-electron chi connectivity index (χ3n) is 3.59. The Morgan fingerprint density at radius 2 is 1.96 bits per heavy atom. The molecule has 9 heteroatoms. The van der Waals surface area contributed by atoms with Gasteiger partial charge in [-0.1, -0.05) is 29.3 Å². The number of anilines is 1. The maximum absolute atomic E-state index is 12.1. The number of carbonyl (C=O) groups is 1. The van der Waals surface area contributed by atoms with Crippen molar-refractivity contribution in [3.05, 3.63) is 44.5 Å². The first-order chi connectivity index (χ1) is 12.4. The maximum atomic E-state index is 12.1. The van der Waals surface area contributed by atoms with Gasteiger partial charge in [-0.15, -0.1) is 11.3 Å². The summed E-state index contributed by atoms with van der Waals surface area (Å²) >= 11 is 13.4. The van der Waals surface area contributed by atoms with Crippen LogP contribution in [0.2, 0.25) is 10.0 Å². The minimum atomic E-state index is -0.395. The van der Waals surface area contributed by atoms with Gasteiger partial charge in [-0.25, -0.2) is 14.8 Å². The summed E-state index contributed by atoms with van der Waals surface area (Å²) in [5.74, 6) is 0.603. The highest BCUT2D eigenvalue weighted by Crippen LogP contribution is 2.35. The smallest absolute Gasteiger partial charge is 0.348 e. The third kappa shape index (κ3) is 3.56. The zero-order valence-electron chi connectivity index (χ0n) is 14.0. The molecule has 0 aliphatic carbocycles. The van der Waals surface area contributed by atoms with Crippen LogP contribution in [0.4, 0.5) is 5.82 Å². The molecule has 0 spiro atoms. The van der Waals surface area contributed by atoms with Crippen LogP contribution in [0.3, 0.4) is 0 Å². The molecule has 26 heavy (non-hydrogen) atoms. The van der Waals surface area contributed by atoms with Crippen LogP contribution in [-0.4, -0.2) is 22.5 Å². The molecule has 0 unspecified atom stereocenters. The van der Waals surface area contributed by atoms with E-state index >= 15 is 0 Å². The number of thiophene rings is 1. The zero-order chi connectivity index (χ0) is 18.8. The second kappa shape index (κ2) is 7.65. The van der Waals surface area contributed by atoms with Gasteiger partial charge in [-0.2, -0.15) is 0 Å². The maximum Gasteiger partial charge on any atom is 0.348 e. The predicted octanol–water partition coefficient (Wildman–Crippen LogP) is 4.64. The van der Waals surface area contributed by atoms with Crippen LogP contribution in [0.1, 0.15) is 28.0 Å². The molecule has 0 radical (unpaired) electrons. The van der Waals surface area contributed by atoms with Crippen LogP contribution < -0.4 is 10.5 Å². The molecule has 2 heterocycles. The molecule has 0 fully saturated rings. The van der Waals surface area contributed by atoms with E-state index in [0.717, 1.165) is 0 Å². The van der Waals surface area contributed by atoms with Gasteiger partial charge in [0.1, 0.15) is 22.1 Å². The molecule has 1 aromatic carbocycles. The SMILES string of the molecule is CCOC(=O)c1sc2nc(COc3c(Cl)cccc3Cl)nc(N)c2c1C. The van der Waals surface area contributed by atoms with Gasteiger partial charge in [0.15, 0.2) is 11.6 Å². The number of carbonyl (C=O) groups excluding carboxylic acids is 1. The molecular formula is C17H15Cl2N3O3S. The molecule has 2 N–H and O–H groups in total. The number of nitrogens with zero attached hydrogens (tertiary/aromatic N) is 2. The van der Waals surface area contributed by atoms with E-state index in [2.05, 4.69) is 9.97 Å². The molecule has 0 saturated heterocycles. The topological polar surface area (TPSA) is 87.3 Å². The number of benzene rings is 1. The summed E-state index contributed by atoms with van der Waals surface area (Å²) in [6, 6.07) is 5.08. The van der Waals surface area contributed by atoms with Crippen LogP contribution in [-0.2, 0) is 11.3 Å². The summed E-state index contributed by atoms with van der Waals surface area (Å²) in [6.45, 7) is 3.88. The summed E-state index contributed by atoms with van der Waals surface area (Å²) < 4.78 is 10.7. The van der Waals surface area contributed by atoms with Crippen molar-refractivity contribution in [3.63, 3.8) is 0 Å². The second-order valence-corrected chi connectivity index (χ2v) is 7.13. The van der Waals surface area contributed by atoms with E-state index in [-0.39, 0.29) is 12.4 Å². The molecule has 0 aliphatic rings. The monoisotopic (exact) mass is 411 g/mol. The highest BCUT2D eigenvalue weighted by molar-refractivity contribution is 7.20. The van der Waals surface area contributed by atoms with Crippen molar-refractivity contribution in [2.75, 3.05) is 12.3 Å². The van der Waals surface area contributed by atoms with E-state index in [1.165, 1.54) is 11.3 Å². The van der Waals surface area contributed by atoms with Crippen LogP contribution in [0.25, 0.3) is 10.2 Å². The Balaban J connectivity index is 1.92. The Labute approximate surface area is 163 Å². The summed E-state index contributed by atoms with van der Waals surface area (Å²) in [5.41, 5.74) is 6.78. The normalized spacial score (nSPS) is 10.9. The van der Waals surface area contributed by atoms with E-state index in [1.54, 1.807) is 32.0 Å². The lowest BCUT2D eigenvalue weighted by atomic mass is 10.2. The number of esters is 1. The van der Waals surface area contributed by atoms with Crippen molar-refractivity contribution in [1.29, 1.82) is 0 Å². The molecule has 0 atom stereocenters. The van der Waals surface area contributed by atoms with Gasteiger partial charge in [-0.05, 0) is 31.5 Å². The average molecular weight is 412 g/mol. The third-order valence-corrected chi connectivity index (χ3v) is 5.35. The van der Waals surface area contributed by atoms with Crippen LogP contribution in [0, 0.1) is 6.92 Å². The number of nitrogens with two attached hydrogens (primary N) is 1. The van der Waals surface area contributed by atoms with Crippen LogP contribution >= 0.6 is 34.5 Å². The molecule has 0 amide bonds. The number of ether oxygens (including phenoxy) is 2. The van der Waals surface area contributed by atoms with E-state index in [9.17, 15) is 4.79 Å². The van der Waals surface area contributed by atoms with Crippen LogP contribution in [0.15, 0.2) is 18.2 Å². The summed E-state index contributed by atoms with van der Waals surface area (Å²) in [5, 5.41) is 1.43. The van der Waals surface area contributed by atoms with Crippen molar-refractivity contribution in [2.45, 2.75) is 20.5 Å². The van der Waals surface area contributed by atoms with E-state index < -0.39 is 5.97 Å². The number of hydrogen-bond donors (Lipinski definition) is 1. The van der Waals surface area contributed by atoms with Crippen molar-refractivity contribution < 1.29 is 14.3 Å². The minimum Gasteiger partial charge on any atom is -0.482 e. The first kappa shape index (κ1) is 18.7. The molecule has 3 rings (SSSR count). The lowest BCUT2D eigenvalue weighted by Gasteiger charge is -2.09. The number of aromatic nitrogens is 2. The van der Waals surface area contributed by atoms with Gasteiger partial charge in [0.05, 0.1) is 22.0 Å². The first-order valence-electron chi connectivity index (χ1n) is 7.71. The van der Waals surface area contributed by atoms with Crippen LogP contribution in [0.5, 0.6) is 5.75 Å². The van der Waals surface area contributed by atoms with Gasteiger partial charge in [-0.3, -0.25) is 0 Å². The Morgan fingerprint density at radius 1 is 1.27 bits per heavy atom. The number of fused-ring (bicyclic) bond motifs is 1. The molecule has 0 bridgehead atoms. The lowest BCUT2D eigenvalue weighted by Crippen LogP contribution is -2.05. The predicted molar refractivity (Wildman–Crippen MR) is 103 cm³/mol. The molecule has 6 nitrogen and oxygen atoms in total. The quantitative estimate of drug-likeness (QED) is 0.614. The number of rotatable bonds is 5. The fourth-order valence-corrected chi connectivity index (χ4v) is 4.04. The minimum absolute atomic E-state index is 0.0370. The highest BCUT2D eigenvalue weighted by atomic mass is 35.5. The molecule has 2 aromatic heterocycles. The number of nitrogen functional groups attached to an aromatic ring is 1. The van der Waals surface area contributed by atoms with Gasteiger partial charge in [0.25, 0.3) is 0 Å². The summed E-state index contributed by atoms with van der Waals surface area (Å²) in [6.07, 6.45) is 0. The standard InChI is InChI=1S/C17H15Cl2N3O3S/c1-3-24-17(23)14-8(2)12-15(20)21-11(22-16(12)26-14)7-25-13-9(18)5-4-6-10(13)19/h4-6H,3,7H2,1-2H3,(H2,20,21,22). The Morgan fingerprint density at radius 3 is 2.62 bits per heavy atom. The van der Waals surface area contributed by atoms with Crippen molar-refractivity contribution in [1.82, 2.24) is 9.97 Å². The fraction of sp³-hybridized carbons (Fsp3) is 0.235. The number of hydrogen-bond acceptors (Lipinski definition) is 7. The van der Waals surface area contributed by atoms with Gasteiger partial charge in [0, 0.05) is 0 Å². The lowest BCUT2D eigenvalue weighted by molar-refractivity contribution is 0.0531. The van der Waals surface area contributed by atoms with Crippen molar-refractivity contribution >= 4 is 56.5 Å². The number of halogens is 2. The van der Waals surface area contributed by atoms with Crippen molar-refractivity contribution in [3.8, 4) is 5.75 Å². The van der Waals surface area contributed by atoms with Gasteiger partial charge in [0.2, 0.25) is 0 Å². The van der Waals surface area contributed by atoms with E-state index in [4.69, 9.17) is 38.4 Å². The molecule has 3 aromatic rings. The second-order valence-electron chi connectivity index (χ2n) is 5.32. The summed E-state index contributed by atoms with van der Waals surface area (Å²) in [7, 11) is 0. The van der Waals surface area contributed by atoms with Gasteiger partial charge >= 0.3 is 5.97 Å². The Kier molecular flexibility index (Phi) is 5.50. The van der Waals surface area contributed by atoms with E-state index in [0.29, 0.717) is 48.9 Å². The number of para-hydroxylation sites is 1.